The molecule has 1 aliphatic carbocycles. The van der Waals surface area contributed by atoms with Gasteiger partial charge in [-0.25, -0.2) is 13.8 Å². The van der Waals surface area contributed by atoms with Crippen LogP contribution in [0.1, 0.15) is 55.5 Å². The lowest BCUT2D eigenvalue weighted by Crippen LogP contribution is -2.26. The zero-order chi connectivity index (χ0) is 19.6. The molecule has 0 aliphatic heterocycles. The summed E-state index contributed by atoms with van der Waals surface area (Å²) in [5.41, 5.74) is 0.963. The number of aliphatic hydroxyl groups excluding tert-OH is 1. The lowest BCUT2D eigenvalue weighted by atomic mass is 9.86. The van der Waals surface area contributed by atoms with E-state index >= 15 is 0 Å². The molecule has 2 rings (SSSR count). The summed E-state index contributed by atoms with van der Waals surface area (Å²) in [5, 5.41) is 11.3. The predicted molar refractivity (Wildman–Crippen MR) is 97.5 cm³/mol. The largest absolute Gasteiger partial charge is 0.481 e. The fourth-order valence-electron chi connectivity index (χ4n) is 2.65. The average molecular weight is 370 g/mol. The first-order chi connectivity index (χ1) is 12.4. The summed E-state index contributed by atoms with van der Waals surface area (Å²) in [7, 11) is 1.48. The molecule has 26 heavy (non-hydrogen) atoms. The van der Waals surface area contributed by atoms with Gasteiger partial charge < -0.3 is 15.2 Å². The number of aromatic nitrogens is 1. The van der Waals surface area contributed by atoms with Gasteiger partial charge in [0.2, 0.25) is 11.8 Å². The second-order valence-corrected chi connectivity index (χ2v) is 5.85. The van der Waals surface area contributed by atoms with Gasteiger partial charge >= 0.3 is 0 Å². The number of pyridine rings is 1. The van der Waals surface area contributed by atoms with Gasteiger partial charge in [-0.3, -0.25) is 4.79 Å². The van der Waals surface area contributed by atoms with Crippen molar-refractivity contribution in [2.75, 3.05) is 20.3 Å². The van der Waals surface area contributed by atoms with Crippen LogP contribution in [0, 0.1) is 5.92 Å². The van der Waals surface area contributed by atoms with Crippen LogP contribution < -0.4 is 10.1 Å². The number of alkyl halides is 2. The van der Waals surface area contributed by atoms with Gasteiger partial charge in [0.1, 0.15) is 0 Å². The van der Waals surface area contributed by atoms with E-state index in [4.69, 9.17) is 9.84 Å². The summed E-state index contributed by atoms with van der Waals surface area (Å²) in [6, 6.07) is 1.63. The minimum absolute atomic E-state index is 0.0844. The number of carbonyl (C=O) groups excluding carboxylic acids is 1. The Balaban J connectivity index is 0.00000163. The second-order valence-electron chi connectivity index (χ2n) is 5.85. The van der Waals surface area contributed by atoms with E-state index in [0.29, 0.717) is 29.8 Å². The van der Waals surface area contributed by atoms with E-state index in [0.717, 1.165) is 0 Å². The van der Waals surface area contributed by atoms with Crippen LogP contribution in [-0.2, 0) is 0 Å². The Morgan fingerprint density at radius 2 is 2.08 bits per heavy atom. The van der Waals surface area contributed by atoms with Crippen molar-refractivity contribution in [1.82, 2.24) is 10.3 Å². The normalized spacial score (nSPS) is 16.7. The summed E-state index contributed by atoms with van der Waals surface area (Å²) in [5.74, 6) is -2.44. The Hall–Kier alpha value is -2.02. The number of aliphatic hydroxyl groups is 1. The van der Waals surface area contributed by atoms with Gasteiger partial charge in [0.15, 0.2) is 0 Å². The maximum absolute atomic E-state index is 13.2. The molecule has 1 saturated carbocycles. The first kappa shape index (κ1) is 22.0. The molecule has 0 aromatic carbocycles. The molecule has 0 bridgehead atoms. The van der Waals surface area contributed by atoms with Crippen LogP contribution >= 0.6 is 0 Å². The van der Waals surface area contributed by atoms with E-state index in [9.17, 15) is 13.6 Å². The summed E-state index contributed by atoms with van der Waals surface area (Å²) in [6.45, 7) is 4.01. The third-order valence-corrected chi connectivity index (χ3v) is 4.04. The number of methoxy groups -OCH3 is 1. The topological polar surface area (TPSA) is 71.5 Å². The molecule has 1 amide bonds. The number of rotatable bonds is 6. The van der Waals surface area contributed by atoms with Crippen LogP contribution in [-0.4, -0.2) is 42.2 Å². The minimum atomic E-state index is -2.55. The molecule has 5 nitrogen and oxygen atoms in total. The molecule has 1 aromatic heterocycles. The second kappa shape index (κ2) is 10.9. The van der Waals surface area contributed by atoms with Crippen LogP contribution in [0.3, 0.4) is 0 Å². The number of halogens is 2. The maximum Gasteiger partial charge on any atom is 0.252 e. The summed E-state index contributed by atoms with van der Waals surface area (Å²) < 4.78 is 31.6. The van der Waals surface area contributed by atoms with Crippen molar-refractivity contribution < 1.29 is 23.4 Å². The van der Waals surface area contributed by atoms with E-state index in [-0.39, 0.29) is 37.8 Å². The van der Waals surface area contributed by atoms with Crippen molar-refractivity contribution in [2.45, 2.75) is 45.5 Å². The standard InChI is InChI=1S/C17H22F2N2O3.C2H6/c1-24-16-13(3-2-12-4-6-17(18,19)7-5-12)10-14(11-21-16)15(23)20-8-9-22;1-2/h2-3,10-12,22H,4-9H2,1H3,(H,20,23);1-2H3/b3-2+;. The highest BCUT2D eigenvalue weighted by atomic mass is 19.3. The van der Waals surface area contributed by atoms with Crippen LogP contribution in [0.5, 0.6) is 5.88 Å². The van der Waals surface area contributed by atoms with E-state index < -0.39 is 5.92 Å². The maximum atomic E-state index is 13.2. The lowest BCUT2D eigenvalue weighted by Gasteiger charge is -2.26. The Morgan fingerprint density at radius 1 is 1.42 bits per heavy atom. The van der Waals surface area contributed by atoms with E-state index in [1.807, 2.05) is 19.9 Å². The molecule has 1 aliphatic rings. The molecule has 0 radical (unpaired) electrons. The molecule has 0 saturated heterocycles. The number of amides is 1. The van der Waals surface area contributed by atoms with E-state index in [1.165, 1.54) is 13.3 Å². The monoisotopic (exact) mass is 370 g/mol. The minimum Gasteiger partial charge on any atom is -0.481 e. The van der Waals surface area contributed by atoms with Crippen LogP contribution in [0.4, 0.5) is 8.78 Å². The summed E-state index contributed by atoms with van der Waals surface area (Å²) in [4.78, 5) is 16.0. The molecule has 146 valence electrons. The van der Waals surface area contributed by atoms with Gasteiger partial charge in [-0.05, 0) is 24.8 Å². The van der Waals surface area contributed by atoms with Crippen LogP contribution in [0.2, 0.25) is 0 Å². The summed E-state index contributed by atoms with van der Waals surface area (Å²) in [6.07, 6.45) is 5.73. The predicted octanol–water partition coefficient (Wildman–Crippen LogP) is 3.68. The van der Waals surface area contributed by atoms with Gasteiger partial charge in [0.25, 0.3) is 5.91 Å². The number of nitrogens with one attached hydrogen (secondary N) is 1. The molecule has 7 heteroatoms. The van der Waals surface area contributed by atoms with Crippen molar-refractivity contribution in [3.8, 4) is 5.88 Å². The number of hydrogen-bond donors (Lipinski definition) is 2. The van der Waals surface area contributed by atoms with Crippen molar-refractivity contribution in [1.29, 1.82) is 0 Å². The molecule has 1 heterocycles. The molecule has 0 unspecified atom stereocenters. The Bertz CT molecular complexity index is 596. The molecular formula is C19H28F2N2O3. The van der Waals surface area contributed by atoms with Crippen molar-refractivity contribution >= 4 is 12.0 Å². The van der Waals surface area contributed by atoms with Gasteiger partial charge in [-0.15, -0.1) is 0 Å². The fourth-order valence-corrected chi connectivity index (χ4v) is 2.65. The van der Waals surface area contributed by atoms with Crippen molar-refractivity contribution in [2.24, 2.45) is 5.92 Å². The van der Waals surface area contributed by atoms with Crippen LogP contribution in [0.25, 0.3) is 6.08 Å². The number of nitrogens with zero attached hydrogens (tertiary/aromatic N) is 1. The smallest absolute Gasteiger partial charge is 0.252 e. The Labute approximate surface area is 153 Å². The SMILES string of the molecule is CC.COc1ncc(C(=O)NCCO)cc1/C=C/C1CCC(F)(F)CC1. The number of ether oxygens (including phenoxy) is 1. The molecule has 0 spiro atoms. The molecule has 0 atom stereocenters. The fraction of sp³-hybridized carbons (Fsp3) is 0.579. The molecule has 1 fully saturated rings. The number of hydrogen-bond acceptors (Lipinski definition) is 4. The first-order valence-corrected chi connectivity index (χ1v) is 8.94. The average Bonchev–Trinajstić information content (AvgIpc) is 2.66. The van der Waals surface area contributed by atoms with Crippen molar-refractivity contribution in [3.05, 3.63) is 29.5 Å². The first-order valence-electron chi connectivity index (χ1n) is 8.94. The van der Waals surface area contributed by atoms with Crippen molar-refractivity contribution in [3.63, 3.8) is 0 Å². The highest BCUT2D eigenvalue weighted by Crippen LogP contribution is 2.37. The third-order valence-electron chi connectivity index (χ3n) is 4.04. The highest BCUT2D eigenvalue weighted by Gasteiger charge is 2.33. The Morgan fingerprint density at radius 3 is 2.65 bits per heavy atom. The number of carbonyl (C=O) groups is 1. The summed E-state index contributed by atoms with van der Waals surface area (Å²) >= 11 is 0. The van der Waals surface area contributed by atoms with Gasteiger partial charge in [-0.2, -0.15) is 0 Å². The molecular weight excluding hydrogens is 342 g/mol. The van der Waals surface area contributed by atoms with Gasteiger partial charge in [-0.1, -0.05) is 26.0 Å². The number of allylic oxidation sites excluding steroid dienone is 1. The molecule has 2 N–H and O–H groups in total. The van der Waals surface area contributed by atoms with E-state index in [1.54, 1.807) is 12.1 Å². The van der Waals surface area contributed by atoms with Crippen LogP contribution in [0.15, 0.2) is 18.3 Å². The zero-order valence-corrected chi connectivity index (χ0v) is 15.6. The van der Waals surface area contributed by atoms with Gasteiger partial charge in [0, 0.05) is 31.1 Å². The lowest BCUT2D eigenvalue weighted by molar-refractivity contribution is -0.0410. The quantitative estimate of drug-likeness (QED) is 0.801. The molecule has 1 aromatic rings. The van der Waals surface area contributed by atoms with Gasteiger partial charge in [0.05, 0.1) is 19.3 Å². The zero-order valence-electron chi connectivity index (χ0n) is 15.6. The Kier molecular flexibility index (Phi) is 9.19. The third kappa shape index (κ3) is 6.71. The van der Waals surface area contributed by atoms with E-state index in [2.05, 4.69) is 10.3 Å². The highest BCUT2D eigenvalue weighted by molar-refractivity contribution is 5.94.